The lowest BCUT2D eigenvalue weighted by Gasteiger charge is -2.15. The molecule has 0 radical (unpaired) electrons. The maximum absolute atomic E-state index is 11.6. The van der Waals surface area contributed by atoms with E-state index in [1.54, 1.807) is 10.6 Å². The van der Waals surface area contributed by atoms with Gasteiger partial charge in [-0.15, -0.1) is 0 Å². The second kappa shape index (κ2) is 2.54. The summed E-state index contributed by atoms with van der Waals surface area (Å²) in [5, 5.41) is 0. The minimum Gasteiger partial charge on any atom is -0.314 e. The van der Waals surface area contributed by atoms with Crippen LogP contribution in [0.25, 0.3) is 5.52 Å². The van der Waals surface area contributed by atoms with E-state index in [1.165, 1.54) is 11.1 Å². The number of aromatic nitrogens is 2. The van der Waals surface area contributed by atoms with Crippen molar-refractivity contribution in [1.82, 2.24) is 9.38 Å². The van der Waals surface area contributed by atoms with Crippen LogP contribution in [0.15, 0.2) is 23.3 Å². The molecule has 0 amide bonds. The minimum atomic E-state index is -0.0419. The molecule has 0 saturated heterocycles. The van der Waals surface area contributed by atoms with Gasteiger partial charge in [-0.3, -0.25) is 4.40 Å². The molecule has 0 fully saturated rings. The molecule has 3 nitrogen and oxygen atoms in total. The zero-order valence-electron chi connectivity index (χ0n) is 9.00. The fraction of sp³-hybridized carbons (Fsp3) is 0.417. The summed E-state index contributed by atoms with van der Waals surface area (Å²) in [6, 6.07) is 1.99. The number of hydrogen-bond donors (Lipinski definition) is 1. The van der Waals surface area contributed by atoms with E-state index < -0.39 is 0 Å². The van der Waals surface area contributed by atoms with Crippen LogP contribution in [-0.2, 0) is 12.8 Å². The van der Waals surface area contributed by atoms with Crippen LogP contribution in [0.3, 0.4) is 0 Å². The first-order valence-electron chi connectivity index (χ1n) is 5.27. The zero-order valence-corrected chi connectivity index (χ0v) is 9.00. The van der Waals surface area contributed by atoms with Crippen LogP contribution in [0.1, 0.15) is 25.0 Å². The first-order chi connectivity index (χ1) is 7.07. The van der Waals surface area contributed by atoms with Crippen LogP contribution in [0.4, 0.5) is 0 Å². The van der Waals surface area contributed by atoms with Crippen molar-refractivity contribution < 1.29 is 0 Å². The number of fused-ring (bicyclic) bond motifs is 3. The van der Waals surface area contributed by atoms with Crippen LogP contribution in [0, 0.1) is 5.41 Å². The van der Waals surface area contributed by atoms with E-state index in [-0.39, 0.29) is 5.69 Å². The molecule has 3 heteroatoms. The molecule has 2 aromatic heterocycles. The number of nitrogens with zero attached hydrogens (tertiary/aromatic N) is 1. The molecular weight excluding hydrogens is 188 g/mol. The highest BCUT2D eigenvalue weighted by Gasteiger charge is 2.31. The molecule has 2 heterocycles. The molecule has 0 atom stereocenters. The highest BCUT2D eigenvalue weighted by molar-refractivity contribution is 5.61. The molecule has 2 aromatic rings. The van der Waals surface area contributed by atoms with Crippen LogP contribution < -0.4 is 5.69 Å². The molecule has 0 spiro atoms. The van der Waals surface area contributed by atoms with Gasteiger partial charge < -0.3 is 4.98 Å². The molecule has 0 saturated carbocycles. The summed E-state index contributed by atoms with van der Waals surface area (Å²) in [5.74, 6) is 0. The molecular formula is C12H14N2O. The maximum atomic E-state index is 11.6. The Balaban J connectivity index is 2.33. The summed E-state index contributed by atoms with van der Waals surface area (Å²) in [6.45, 7) is 4.55. The summed E-state index contributed by atoms with van der Waals surface area (Å²) in [5.41, 5.74) is 4.06. The van der Waals surface area contributed by atoms with Crippen molar-refractivity contribution in [2.45, 2.75) is 26.7 Å². The SMILES string of the molecule is CC1(C)Cc2cn3c(=O)[nH]ccc3c2C1. The van der Waals surface area contributed by atoms with Gasteiger partial charge in [0.1, 0.15) is 0 Å². The van der Waals surface area contributed by atoms with Crippen LogP contribution in [0.2, 0.25) is 0 Å². The average Bonchev–Trinajstić information content (AvgIpc) is 2.59. The largest absolute Gasteiger partial charge is 0.329 e. The summed E-state index contributed by atoms with van der Waals surface area (Å²) in [6.07, 6.45) is 5.85. The molecule has 0 unspecified atom stereocenters. The lowest BCUT2D eigenvalue weighted by atomic mass is 9.90. The smallest absolute Gasteiger partial charge is 0.314 e. The summed E-state index contributed by atoms with van der Waals surface area (Å²) < 4.78 is 1.72. The number of aromatic amines is 1. The van der Waals surface area contributed by atoms with E-state index in [2.05, 4.69) is 18.8 Å². The second-order valence-electron chi connectivity index (χ2n) is 5.19. The number of hydrogen-bond acceptors (Lipinski definition) is 1. The van der Waals surface area contributed by atoms with Crippen molar-refractivity contribution >= 4 is 5.52 Å². The van der Waals surface area contributed by atoms with Crippen molar-refractivity contribution in [3.05, 3.63) is 40.1 Å². The highest BCUT2D eigenvalue weighted by Crippen LogP contribution is 2.38. The molecule has 0 bridgehead atoms. The third kappa shape index (κ3) is 1.16. The highest BCUT2D eigenvalue weighted by atomic mass is 16.1. The Bertz CT molecular complexity index is 589. The molecule has 0 aliphatic heterocycles. The van der Waals surface area contributed by atoms with Crippen LogP contribution >= 0.6 is 0 Å². The lowest BCUT2D eigenvalue weighted by Crippen LogP contribution is -2.16. The van der Waals surface area contributed by atoms with E-state index >= 15 is 0 Å². The number of rotatable bonds is 0. The Morgan fingerprint density at radius 2 is 2.20 bits per heavy atom. The van der Waals surface area contributed by atoms with E-state index in [4.69, 9.17) is 0 Å². The topological polar surface area (TPSA) is 37.3 Å². The maximum Gasteiger partial charge on any atom is 0.329 e. The third-order valence-electron chi connectivity index (χ3n) is 3.23. The fourth-order valence-corrected chi connectivity index (χ4v) is 2.64. The molecule has 15 heavy (non-hydrogen) atoms. The summed E-state index contributed by atoms with van der Waals surface area (Å²) in [7, 11) is 0. The zero-order chi connectivity index (χ0) is 10.6. The van der Waals surface area contributed by atoms with Crippen molar-refractivity contribution in [2.75, 3.05) is 0 Å². The van der Waals surface area contributed by atoms with Crippen molar-refractivity contribution in [3.63, 3.8) is 0 Å². The number of nitrogens with one attached hydrogen (secondary N) is 1. The predicted molar refractivity (Wildman–Crippen MR) is 59.2 cm³/mol. The first-order valence-corrected chi connectivity index (χ1v) is 5.27. The van der Waals surface area contributed by atoms with E-state index in [0.29, 0.717) is 5.41 Å². The van der Waals surface area contributed by atoms with Gasteiger partial charge >= 0.3 is 5.69 Å². The van der Waals surface area contributed by atoms with Gasteiger partial charge in [0.15, 0.2) is 0 Å². The Labute approximate surface area is 87.7 Å². The summed E-state index contributed by atoms with van der Waals surface area (Å²) in [4.78, 5) is 14.2. The van der Waals surface area contributed by atoms with Crippen molar-refractivity contribution in [3.8, 4) is 0 Å². The molecule has 78 valence electrons. The quantitative estimate of drug-likeness (QED) is 0.694. The van der Waals surface area contributed by atoms with Gasteiger partial charge in [-0.1, -0.05) is 13.8 Å². The average molecular weight is 202 g/mol. The van der Waals surface area contributed by atoms with Crippen molar-refractivity contribution in [2.24, 2.45) is 5.41 Å². The van der Waals surface area contributed by atoms with Gasteiger partial charge in [-0.05, 0) is 35.4 Å². The van der Waals surface area contributed by atoms with Crippen molar-refractivity contribution in [1.29, 1.82) is 0 Å². The monoisotopic (exact) mass is 202 g/mol. The summed E-state index contributed by atoms with van der Waals surface area (Å²) >= 11 is 0. The number of H-pyrrole nitrogens is 1. The Hall–Kier alpha value is -1.51. The molecule has 1 N–H and O–H groups in total. The molecule has 1 aliphatic carbocycles. The third-order valence-corrected chi connectivity index (χ3v) is 3.23. The Morgan fingerprint density at radius 1 is 1.40 bits per heavy atom. The lowest BCUT2D eigenvalue weighted by molar-refractivity contribution is 0.392. The second-order valence-corrected chi connectivity index (χ2v) is 5.19. The Morgan fingerprint density at radius 3 is 3.00 bits per heavy atom. The first kappa shape index (κ1) is 8.77. The van der Waals surface area contributed by atoms with E-state index in [1.807, 2.05) is 12.3 Å². The molecule has 0 aromatic carbocycles. The van der Waals surface area contributed by atoms with E-state index in [0.717, 1.165) is 18.4 Å². The van der Waals surface area contributed by atoms with Gasteiger partial charge in [0, 0.05) is 12.4 Å². The van der Waals surface area contributed by atoms with Gasteiger partial charge in [0.25, 0.3) is 0 Å². The van der Waals surface area contributed by atoms with Gasteiger partial charge in [0.2, 0.25) is 0 Å². The van der Waals surface area contributed by atoms with Gasteiger partial charge in [-0.2, -0.15) is 0 Å². The fourth-order valence-electron chi connectivity index (χ4n) is 2.64. The van der Waals surface area contributed by atoms with E-state index in [9.17, 15) is 4.79 Å². The van der Waals surface area contributed by atoms with Gasteiger partial charge in [0.05, 0.1) is 5.52 Å². The molecule has 1 aliphatic rings. The van der Waals surface area contributed by atoms with Crippen LogP contribution in [0.5, 0.6) is 0 Å². The molecule has 3 rings (SSSR count). The van der Waals surface area contributed by atoms with Gasteiger partial charge in [-0.25, -0.2) is 4.79 Å². The normalized spacial score (nSPS) is 18.3. The Kier molecular flexibility index (Phi) is 1.48. The van der Waals surface area contributed by atoms with Crippen LogP contribution in [-0.4, -0.2) is 9.38 Å². The standard InChI is InChI=1S/C12H14N2O/c1-12(2)5-8-7-14-10(9(8)6-12)3-4-13-11(14)15/h3-4,7H,5-6H2,1-2H3,(H,13,15). The predicted octanol–water partition coefficient (Wildman–Crippen LogP) is 1.75. The minimum absolute atomic E-state index is 0.0419.